The number of aromatic nitrogens is 2. The zero-order valence-corrected chi connectivity index (χ0v) is 11.4. The van der Waals surface area contributed by atoms with Crippen LogP contribution in [0.1, 0.15) is 24.2 Å². The van der Waals surface area contributed by atoms with Gasteiger partial charge in [-0.2, -0.15) is 11.8 Å². The smallest absolute Gasteiger partial charge is 0.163 e. The molecule has 0 amide bonds. The van der Waals surface area contributed by atoms with E-state index in [1.54, 1.807) is 0 Å². The van der Waals surface area contributed by atoms with Crippen LogP contribution in [0, 0.1) is 0 Å². The molecule has 4 nitrogen and oxygen atoms in total. The Hall–Kier alpha value is -0.750. The summed E-state index contributed by atoms with van der Waals surface area (Å²) in [6.45, 7) is 1.96. The van der Waals surface area contributed by atoms with Crippen LogP contribution in [-0.4, -0.2) is 27.0 Å². The second kappa shape index (κ2) is 6.26. The van der Waals surface area contributed by atoms with Crippen molar-refractivity contribution in [3.63, 3.8) is 0 Å². The topological polar surface area (TPSA) is 55.9 Å². The number of thiocarbonyl (C=S) groups is 1. The number of fused-ring (bicyclic) bond motifs is 1. The number of hydrogen-bond donors (Lipinski definition) is 2. The summed E-state index contributed by atoms with van der Waals surface area (Å²) in [6, 6.07) is 0. The van der Waals surface area contributed by atoms with Gasteiger partial charge in [0.05, 0.1) is 12.0 Å². The van der Waals surface area contributed by atoms with Gasteiger partial charge < -0.3 is 15.6 Å². The molecule has 0 bridgehead atoms. The van der Waals surface area contributed by atoms with Crippen LogP contribution in [0.15, 0.2) is 6.33 Å². The number of thioether (sulfide) groups is 1. The van der Waals surface area contributed by atoms with Crippen molar-refractivity contribution in [1.29, 1.82) is 0 Å². The summed E-state index contributed by atoms with van der Waals surface area (Å²) in [4.78, 5) is 4.50. The number of nitrogens with zero attached hydrogens (tertiary/aromatic N) is 2. The zero-order chi connectivity index (χ0) is 12.1. The Morgan fingerprint density at radius 3 is 3.29 bits per heavy atom. The monoisotopic (exact) mass is 270 g/mol. The van der Waals surface area contributed by atoms with Crippen LogP contribution in [0.25, 0.3) is 0 Å². The summed E-state index contributed by atoms with van der Waals surface area (Å²) in [5.74, 6) is 1.99. The molecular weight excluding hydrogens is 252 g/mol. The van der Waals surface area contributed by atoms with Crippen LogP contribution >= 0.6 is 24.0 Å². The van der Waals surface area contributed by atoms with Gasteiger partial charge in [-0.3, -0.25) is 0 Å². The lowest BCUT2D eigenvalue weighted by Gasteiger charge is -2.15. The molecule has 0 spiro atoms. The highest BCUT2D eigenvalue weighted by Crippen LogP contribution is 2.21. The fourth-order valence-corrected chi connectivity index (χ4v) is 2.97. The molecule has 1 aromatic rings. The molecule has 1 aliphatic heterocycles. The molecule has 0 saturated heterocycles. The predicted octanol–water partition coefficient (Wildman–Crippen LogP) is 1.29. The van der Waals surface area contributed by atoms with Crippen LogP contribution in [0.3, 0.4) is 0 Å². The lowest BCUT2D eigenvalue weighted by atomic mass is 10.1. The Labute approximate surface area is 111 Å². The van der Waals surface area contributed by atoms with Gasteiger partial charge in [0.1, 0.15) is 0 Å². The highest BCUT2D eigenvalue weighted by molar-refractivity contribution is 7.98. The maximum atomic E-state index is 5.36. The van der Waals surface area contributed by atoms with Gasteiger partial charge in [0, 0.05) is 30.3 Å². The Morgan fingerprint density at radius 1 is 1.59 bits per heavy atom. The molecule has 0 fully saturated rings. The molecule has 1 aliphatic rings. The molecule has 0 unspecified atom stereocenters. The molecule has 0 atom stereocenters. The van der Waals surface area contributed by atoms with Gasteiger partial charge in [0.2, 0.25) is 0 Å². The van der Waals surface area contributed by atoms with E-state index in [9.17, 15) is 0 Å². The average molecular weight is 270 g/mol. The van der Waals surface area contributed by atoms with E-state index < -0.39 is 0 Å². The average Bonchev–Trinajstić information content (AvgIpc) is 2.72. The lowest BCUT2D eigenvalue weighted by Crippen LogP contribution is -2.30. The summed E-state index contributed by atoms with van der Waals surface area (Å²) in [5.41, 5.74) is 8.05. The number of nitrogens with one attached hydrogen (secondary N) is 1. The van der Waals surface area contributed by atoms with Gasteiger partial charge in [-0.15, -0.1) is 0 Å². The van der Waals surface area contributed by atoms with Crippen LogP contribution in [0.2, 0.25) is 0 Å². The van der Waals surface area contributed by atoms with Crippen LogP contribution in [-0.2, 0) is 18.7 Å². The SMILES string of the molecule is NC(=S)NCCSCc1ncn2c1CCCC2. The van der Waals surface area contributed by atoms with Gasteiger partial charge in [-0.1, -0.05) is 0 Å². The maximum absolute atomic E-state index is 5.36. The van der Waals surface area contributed by atoms with Gasteiger partial charge in [-0.05, 0) is 31.5 Å². The van der Waals surface area contributed by atoms with E-state index >= 15 is 0 Å². The third-order valence-corrected chi connectivity index (χ3v) is 3.99. The van der Waals surface area contributed by atoms with Gasteiger partial charge in [0.25, 0.3) is 0 Å². The van der Waals surface area contributed by atoms with Crippen LogP contribution in [0.5, 0.6) is 0 Å². The number of imidazole rings is 1. The van der Waals surface area contributed by atoms with Crippen molar-refractivity contribution >= 4 is 29.1 Å². The van der Waals surface area contributed by atoms with E-state index in [0.29, 0.717) is 5.11 Å². The van der Waals surface area contributed by atoms with Crippen LogP contribution in [0.4, 0.5) is 0 Å². The normalized spacial score (nSPS) is 14.4. The molecule has 0 saturated carbocycles. The van der Waals surface area contributed by atoms with Crippen molar-refractivity contribution in [2.24, 2.45) is 5.73 Å². The molecule has 3 N–H and O–H groups in total. The first kappa shape index (κ1) is 12.7. The first-order chi connectivity index (χ1) is 8.27. The molecule has 17 heavy (non-hydrogen) atoms. The fourth-order valence-electron chi connectivity index (χ4n) is 2.04. The Bertz CT molecular complexity index is 389. The van der Waals surface area contributed by atoms with Gasteiger partial charge in [0.15, 0.2) is 5.11 Å². The summed E-state index contributed by atoms with van der Waals surface area (Å²) >= 11 is 6.62. The maximum Gasteiger partial charge on any atom is 0.163 e. The molecule has 0 aliphatic carbocycles. The largest absolute Gasteiger partial charge is 0.376 e. The second-order valence-electron chi connectivity index (χ2n) is 4.13. The Morgan fingerprint density at radius 2 is 2.47 bits per heavy atom. The molecule has 0 aromatic carbocycles. The van der Waals surface area contributed by atoms with Crippen molar-refractivity contribution in [3.05, 3.63) is 17.7 Å². The standard InChI is InChI=1S/C11H18N4S2/c12-11(16)13-4-6-17-7-9-10-3-1-2-5-15(10)8-14-9/h8H,1-7H2,(H3,12,13,16). The highest BCUT2D eigenvalue weighted by atomic mass is 32.2. The number of rotatable bonds is 5. The zero-order valence-electron chi connectivity index (χ0n) is 9.82. The molecule has 6 heteroatoms. The Kier molecular flexibility index (Phi) is 4.67. The fraction of sp³-hybridized carbons (Fsp3) is 0.636. The third-order valence-electron chi connectivity index (χ3n) is 2.88. The van der Waals surface area contributed by atoms with Crippen molar-refractivity contribution in [1.82, 2.24) is 14.9 Å². The quantitative estimate of drug-likeness (QED) is 0.624. The lowest BCUT2D eigenvalue weighted by molar-refractivity contribution is 0.530. The third kappa shape index (κ3) is 3.61. The molecule has 94 valence electrons. The molecule has 2 rings (SSSR count). The van der Waals surface area contributed by atoms with E-state index in [0.717, 1.165) is 24.6 Å². The highest BCUT2D eigenvalue weighted by Gasteiger charge is 2.13. The minimum atomic E-state index is 0.380. The van der Waals surface area contributed by atoms with Crippen LogP contribution < -0.4 is 11.1 Å². The summed E-state index contributed by atoms with van der Waals surface area (Å²) in [5, 5.41) is 3.33. The van der Waals surface area contributed by atoms with E-state index in [1.165, 1.54) is 30.7 Å². The van der Waals surface area contributed by atoms with Crippen molar-refractivity contribution < 1.29 is 0 Å². The Balaban J connectivity index is 1.75. The predicted molar refractivity (Wildman–Crippen MR) is 76.1 cm³/mol. The van der Waals surface area contributed by atoms with Crippen molar-refractivity contribution in [2.45, 2.75) is 31.6 Å². The summed E-state index contributed by atoms with van der Waals surface area (Å²) in [7, 11) is 0. The summed E-state index contributed by atoms with van der Waals surface area (Å²) in [6.07, 6.45) is 5.75. The van der Waals surface area contributed by atoms with E-state index in [2.05, 4.69) is 14.9 Å². The molecule has 1 aromatic heterocycles. The number of nitrogens with two attached hydrogens (primary N) is 1. The molecule has 2 heterocycles. The van der Waals surface area contributed by atoms with E-state index in [1.807, 2.05) is 18.1 Å². The van der Waals surface area contributed by atoms with E-state index in [4.69, 9.17) is 18.0 Å². The first-order valence-corrected chi connectivity index (χ1v) is 7.47. The van der Waals surface area contributed by atoms with Crippen molar-refractivity contribution in [2.75, 3.05) is 12.3 Å². The number of aryl methyl sites for hydroxylation is 1. The minimum Gasteiger partial charge on any atom is -0.376 e. The minimum absolute atomic E-state index is 0.380. The van der Waals surface area contributed by atoms with Gasteiger partial charge >= 0.3 is 0 Å². The molecule has 0 radical (unpaired) electrons. The first-order valence-electron chi connectivity index (χ1n) is 5.91. The summed E-state index contributed by atoms with van der Waals surface area (Å²) < 4.78 is 2.30. The molecular formula is C11H18N4S2. The van der Waals surface area contributed by atoms with Crippen molar-refractivity contribution in [3.8, 4) is 0 Å². The second-order valence-corrected chi connectivity index (χ2v) is 5.68. The van der Waals surface area contributed by atoms with E-state index in [-0.39, 0.29) is 0 Å². The van der Waals surface area contributed by atoms with Gasteiger partial charge in [-0.25, -0.2) is 4.98 Å². The number of hydrogen-bond acceptors (Lipinski definition) is 3.